The van der Waals surface area contributed by atoms with Crippen molar-refractivity contribution in [1.29, 1.82) is 0 Å². The first kappa shape index (κ1) is 18.5. The Hall–Kier alpha value is -1.33. The molecule has 4 nitrogen and oxygen atoms in total. The predicted octanol–water partition coefficient (Wildman–Crippen LogP) is 4.25. The summed E-state index contributed by atoms with van der Waals surface area (Å²) in [5, 5.41) is 6.42. The molecule has 1 saturated carbocycles. The van der Waals surface area contributed by atoms with E-state index >= 15 is 0 Å². The van der Waals surface area contributed by atoms with Crippen molar-refractivity contribution in [3.05, 3.63) is 34.6 Å². The fourth-order valence-corrected chi connectivity index (χ4v) is 4.26. The van der Waals surface area contributed by atoms with E-state index in [0.717, 1.165) is 38.8 Å². The van der Waals surface area contributed by atoms with Gasteiger partial charge in [-0.2, -0.15) is 0 Å². The second-order valence-electron chi connectivity index (χ2n) is 7.08. The molecule has 1 aromatic carbocycles. The number of hydrogen-bond donors (Lipinski definition) is 2. The molecule has 2 N–H and O–H groups in total. The maximum absolute atomic E-state index is 14.4. The summed E-state index contributed by atoms with van der Waals surface area (Å²) < 4.78 is 14.4. The smallest absolute Gasteiger partial charge is 0.315 e. The number of urea groups is 1. The van der Waals surface area contributed by atoms with Crippen LogP contribution in [0.25, 0.3) is 0 Å². The van der Waals surface area contributed by atoms with Crippen LogP contribution in [0.1, 0.15) is 56.6 Å². The van der Waals surface area contributed by atoms with Crippen molar-refractivity contribution >= 4 is 17.6 Å². The Bertz CT molecular complexity index is 566. The molecule has 1 aliphatic heterocycles. The van der Waals surface area contributed by atoms with E-state index in [1.54, 1.807) is 12.1 Å². The average molecular weight is 368 g/mol. The maximum Gasteiger partial charge on any atom is 0.315 e. The molecule has 2 amide bonds. The fourth-order valence-electron chi connectivity index (χ4n) is 3.97. The quantitative estimate of drug-likeness (QED) is 0.817. The maximum atomic E-state index is 14.4. The molecule has 6 heteroatoms. The van der Waals surface area contributed by atoms with Crippen molar-refractivity contribution in [3.8, 4) is 0 Å². The number of rotatable bonds is 5. The Morgan fingerprint density at radius 3 is 2.60 bits per heavy atom. The molecule has 2 aliphatic rings. The molecular weight excluding hydrogens is 341 g/mol. The van der Waals surface area contributed by atoms with E-state index in [2.05, 4.69) is 15.5 Å². The normalized spacial score (nSPS) is 20.4. The van der Waals surface area contributed by atoms with E-state index in [4.69, 9.17) is 11.6 Å². The van der Waals surface area contributed by atoms with Crippen LogP contribution in [0.15, 0.2) is 18.2 Å². The van der Waals surface area contributed by atoms with Gasteiger partial charge in [-0.15, -0.1) is 0 Å². The van der Waals surface area contributed by atoms with Crippen molar-refractivity contribution in [1.82, 2.24) is 15.5 Å². The van der Waals surface area contributed by atoms with Gasteiger partial charge in [-0.25, -0.2) is 9.18 Å². The van der Waals surface area contributed by atoms with Crippen molar-refractivity contribution < 1.29 is 9.18 Å². The van der Waals surface area contributed by atoms with E-state index in [1.807, 2.05) is 0 Å². The lowest BCUT2D eigenvalue weighted by molar-refractivity contribution is 0.213. The molecule has 138 valence electrons. The minimum atomic E-state index is -0.307. The molecule has 1 heterocycles. The SMILES string of the molecule is O=C(NCC(c1c(F)cccc1Cl)N1CCCC1)NC1CCCCC1. The Morgan fingerprint density at radius 1 is 1.20 bits per heavy atom. The van der Waals surface area contributed by atoms with Crippen LogP contribution < -0.4 is 10.6 Å². The highest BCUT2D eigenvalue weighted by molar-refractivity contribution is 6.31. The van der Waals surface area contributed by atoms with E-state index in [-0.39, 0.29) is 23.9 Å². The lowest BCUT2D eigenvalue weighted by Gasteiger charge is -2.30. The number of carbonyl (C=O) groups excluding carboxylic acids is 1. The highest BCUT2D eigenvalue weighted by Crippen LogP contribution is 2.32. The molecule has 0 radical (unpaired) electrons. The topological polar surface area (TPSA) is 44.4 Å². The molecule has 1 aromatic rings. The van der Waals surface area contributed by atoms with Crippen molar-refractivity contribution in [2.45, 2.75) is 57.0 Å². The summed E-state index contributed by atoms with van der Waals surface area (Å²) in [5.74, 6) is -0.307. The Labute approximate surface area is 154 Å². The van der Waals surface area contributed by atoms with Crippen LogP contribution >= 0.6 is 11.6 Å². The van der Waals surface area contributed by atoms with Gasteiger partial charge < -0.3 is 10.6 Å². The minimum absolute atomic E-state index is 0.163. The molecule has 1 atom stereocenters. The van der Waals surface area contributed by atoms with Crippen LogP contribution in [0.5, 0.6) is 0 Å². The highest BCUT2D eigenvalue weighted by Gasteiger charge is 2.28. The van der Waals surface area contributed by atoms with Crippen LogP contribution in [0.2, 0.25) is 5.02 Å². The average Bonchev–Trinajstić information content (AvgIpc) is 3.12. The largest absolute Gasteiger partial charge is 0.336 e. The van der Waals surface area contributed by atoms with E-state index < -0.39 is 0 Å². The summed E-state index contributed by atoms with van der Waals surface area (Å²) in [5.41, 5.74) is 0.490. The van der Waals surface area contributed by atoms with Gasteiger partial charge in [0.1, 0.15) is 5.82 Å². The molecule has 2 fully saturated rings. The van der Waals surface area contributed by atoms with Gasteiger partial charge in [-0.3, -0.25) is 4.90 Å². The summed E-state index contributed by atoms with van der Waals surface area (Å²) in [4.78, 5) is 14.5. The fraction of sp³-hybridized carbons (Fsp3) is 0.632. The van der Waals surface area contributed by atoms with Gasteiger partial charge in [0.05, 0.1) is 6.04 Å². The molecule has 0 bridgehead atoms. The third-order valence-electron chi connectivity index (χ3n) is 5.31. The lowest BCUT2D eigenvalue weighted by Crippen LogP contribution is -2.46. The third kappa shape index (κ3) is 4.85. The molecule has 3 rings (SSSR count). The number of halogens is 2. The van der Waals surface area contributed by atoms with E-state index in [1.165, 1.54) is 25.3 Å². The highest BCUT2D eigenvalue weighted by atomic mass is 35.5. The van der Waals surface area contributed by atoms with Gasteiger partial charge in [-0.05, 0) is 50.9 Å². The standard InChI is InChI=1S/C19H27ClFN3O/c20-15-9-6-10-16(21)18(15)17(24-11-4-5-12-24)13-22-19(25)23-14-7-2-1-3-8-14/h6,9-10,14,17H,1-5,7-8,11-13H2,(H2,22,23,25). The molecule has 1 unspecified atom stereocenters. The van der Waals surface area contributed by atoms with Gasteiger partial charge in [0.25, 0.3) is 0 Å². The first-order valence-electron chi connectivity index (χ1n) is 9.37. The van der Waals surface area contributed by atoms with Gasteiger partial charge in [0.15, 0.2) is 0 Å². The Morgan fingerprint density at radius 2 is 1.92 bits per heavy atom. The van der Waals surface area contributed by atoms with Crippen molar-refractivity contribution in [3.63, 3.8) is 0 Å². The number of likely N-dealkylation sites (tertiary alicyclic amines) is 1. The van der Waals surface area contributed by atoms with Gasteiger partial charge in [0, 0.05) is 23.2 Å². The number of nitrogens with zero attached hydrogens (tertiary/aromatic N) is 1. The molecule has 0 aromatic heterocycles. The number of nitrogens with one attached hydrogen (secondary N) is 2. The molecule has 0 spiro atoms. The van der Waals surface area contributed by atoms with Crippen LogP contribution in [0.3, 0.4) is 0 Å². The number of benzene rings is 1. The van der Waals surface area contributed by atoms with Gasteiger partial charge in [-0.1, -0.05) is 36.9 Å². The summed E-state index contributed by atoms with van der Waals surface area (Å²) in [7, 11) is 0. The summed E-state index contributed by atoms with van der Waals surface area (Å²) in [6.45, 7) is 2.17. The van der Waals surface area contributed by atoms with Crippen molar-refractivity contribution in [2.75, 3.05) is 19.6 Å². The van der Waals surface area contributed by atoms with Crippen LogP contribution in [-0.4, -0.2) is 36.6 Å². The molecule has 25 heavy (non-hydrogen) atoms. The summed E-state index contributed by atoms with van der Waals surface area (Å²) in [6, 6.07) is 4.64. The molecule has 1 saturated heterocycles. The zero-order valence-corrected chi connectivity index (χ0v) is 15.3. The van der Waals surface area contributed by atoms with Crippen molar-refractivity contribution in [2.24, 2.45) is 0 Å². The molecular formula is C19H27ClFN3O. The number of carbonyl (C=O) groups is 1. The zero-order valence-electron chi connectivity index (χ0n) is 14.6. The Kier molecular flexibility index (Phi) is 6.54. The third-order valence-corrected chi connectivity index (χ3v) is 5.64. The van der Waals surface area contributed by atoms with Gasteiger partial charge in [0.2, 0.25) is 0 Å². The van der Waals surface area contributed by atoms with E-state index in [9.17, 15) is 9.18 Å². The first-order valence-corrected chi connectivity index (χ1v) is 9.75. The molecule has 1 aliphatic carbocycles. The van der Waals surface area contributed by atoms with Crippen LogP contribution in [0, 0.1) is 5.82 Å². The zero-order chi connectivity index (χ0) is 17.6. The summed E-state index contributed by atoms with van der Waals surface area (Å²) >= 11 is 6.28. The van der Waals surface area contributed by atoms with Crippen LogP contribution in [0.4, 0.5) is 9.18 Å². The monoisotopic (exact) mass is 367 g/mol. The van der Waals surface area contributed by atoms with Crippen LogP contribution in [-0.2, 0) is 0 Å². The first-order chi connectivity index (χ1) is 12.1. The minimum Gasteiger partial charge on any atom is -0.336 e. The summed E-state index contributed by atoms with van der Waals surface area (Å²) in [6.07, 6.45) is 7.87. The predicted molar refractivity (Wildman–Crippen MR) is 98.4 cm³/mol. The second kappa shape index (κ2) is 8.86. The Balaban J connectivity index is 1.65. The van der Waals surface area contributed by atoms with Gasteiger partial charge >= 0.3 is 6.03 Å². The lowest BCUT2D eigenvalue weighted by atomic mass is 9.96. The van der Waals surface area contributed by atoms with E-state index in [0.29, 0.717) is 17.1 Å². The number of amides is 2. The number of hydrogen-bond acceptors (Lipinski definition) is 2. The second-order valence-corrected chi connectivity index (χ2v) is 7.49.